The van der Waals surface area contributed by atoms with Gasteiger partial charge in [-0.1, -0.05) is 6.07 Å². The monoisotopic (exact) mass is 348 g/mol. The van der Waals surface area contributed by atoms with Crippen molar-refractivity contribution in [3.8, 4) is 5.75 Å². The van der Waals surface area contributed by atoms with Crippen LogP contribution in [0.4, 0.5) is 14.5 Å². The van der Waals surface area contributed by atoms with Crippen LogP contribution in [0.3, 0.4) is 0 Å². The molecule has 2 aromatic rings. The third-order valence-electron chi connectivity index (χ3n) is 4.02. The highest BCUT2D eigenvalue weighted by molar-refractivity contribution is 5.93. The fourth-order valence-corrected chi connectivity index (χ4v) is 2.59. The second-order valence-corrected chi connectivity index (χ2v) is 5.85. The standard InChI is InChI=1S/C18H18F2N2O3/c19-18(20)25-16-8-13(9-16)17(23)22-14-2-1-3-15(10-14)24-11-12-4-6-21-7-5-12/h1-7,10,13,16,18H,8-9,11H2,(H,22,23). The van der Waals surface area contributed by atoms with E-state index in [2.05, 4.69) is 15.0 Å². The van der Waals surface area contributed by atoms with Gasteiger partial charge in [-0.05, 0) is 42.7 Å². The predicted octanol–water partition coefficient (Wildman–Crippen LogP) is 3.62. The zero-order valence-corrected chi connectivity index (χ0v) is 13.4. The van der Waals surface area contributed by atoms with Crippen LogP contribution in [0.25, 0.3) is 0 Å². The molecule has 1 saturated carbocycles. The summed E-state index contributed by atoms with van der Waals surface area (Å²) in [6.45, 7) is -2.39. The number of carbonyl (C=O) groups is 1. The van der Waals surface area contributed by atoms with Crippen LogP contribution in [0.1, 0.15) is 18.4 Å². The van der Waals surface area contributed by atoms with Crippen molar-refractivity contribution < 1.29 is 23.0 Å². The molecule has 0 spiro atoms. The summed E-state index contributed by atoms with van der Waals surface area (Å²) in [6.07, 6.45) is 3.48. The minimum absolute atomic E-state index is 0.194. The number of ether oxygens (including phenoxy) is 2. The second-order valence-electron chi connectivity index (χ2n) is 5.85. The lowest BCUT2D eigenvalue weighted by atomic mass is 9.81. The van der Waals surface area contributed by atoms with Crippen molar-refractivity contribution in [3.05, 3.63) is 54.4 Å². The Morgan fingerprint density at radius 3 is 2.72 bits per heavy atom. The summed E-state index contributed by atoms with van der Waals surface area (Å²) < 4.78 is 34.2. The van der Waals surface area contributed by atoms with E-state index in [0.29, 0.717) is 30.9 Å². The Hall–Kier alpha value is -2.54. The van der Waals surface area contributed by atoms with Crippen LogP contribution in [0, 0.1) is 5.92 Å². The maximum absolute atomic E-state index is 12.1. The number of nitrogens with zero attached hydrogens (tertiary/aromatic N) is 1. The number of carbonyl (C=O) groups excluding carboxylic acids is 1. The summed E-state index contributed by atoms with van der Waals surface area (Å²) in [4.78, 5) is 16.1. The van der Waals surface area contributed by atoms with E-state index in [1.165, 1.54) is 0 Å². The molecule has 132 valence electrons. The van der Waals surface area contributed by atoms with Crippen molar-refractivity contribution in [1.29, 1.82) is 0 Å². The van der Waals surface area contributed by atoms with E-state index in [4.69, 9.17) is 4.74 Å². The molecule has 7 heteroatoms. The zero-order valence-electron chi connectivity index (χ0n) is 13.4. The van der Waals surface area contributed by atoms with Crippen molar-refractivity contribution in [3.63, 3.8) is 0 Å². The summed E-state index contributed by atoms with van der Waals surface area (Å²) in [5.41, 5.74) is 1.60. The maximum Gasteiger partial charge on any atom is 0.345 e. The van der Waals surface area contributed by atoms with E-state index in [-0.39, 0.29) is 11.8 Å². The molecule has 25 heavy (non-hydrogen) atoms. The Labute approximate surface area is 144 Å². The minimum atomic E-state index is -2.79. The quantitative estimate of drug-likeness (QED) is 0.830. The molecular weight excluding hydrogens is 330 g/mol. The Bertz CT molecular complexity index is 706. The van der Waals surface area contributed by atoms with Gasteiger partial charge >= 0.3 is 6.61 Å². The molecule has 0 aliphatic heterocycles. The molecule has 0 bridgehead atoms. The first-order valence-electron chi connectivity index (χ1n) is 7.96. The van der Waals surface area contributed by atoms with E-state index < -0.39 is 12.7 Å². The zero-order chi connectivity index (χ0) is 17.6. The van der Waals surface area contributed by atoms with Gasteiger partial charge in [0.2, 0.25) is 5.91 Å². The first kappa shape index (κ1) is 17.3. The first-order chi connectivity index (χ1) is 12.1. The summed E-state index contributed by atoms with van der Waals surface area (Å²) >= 11 is 0. The number of rotatable bonds is 7. The van der Waals surface area contributed by atoms with Crippen molar-refractivity contribution in [2.24, 2.45) is 5.92 Å². The van der Waals surface area contributed by atoms with Crippen molar-refractivity contribution in [2.45, 2.75) is 32.2 Å². The van der Waals surface area contributed by atoms with Crippen molar-refractivity contribution in [2.75, 3.05) is 5.32 Å². The lowest BCUT2D eigenvalue weighted by Crippen LogP contribution is -2.40. The summed E-state index contributed by atoms with van der Waals surface area (Å²) in [7, 11) is 0. The highest BCUT2D eigenvalue weighted by atomic mass is 19.3. The summed E-state index contributed by atoms with van der Waals surface area (Å²) in [5, 5.41) is 2.78. The van der Waals surface area contributed by atoms with Gasteiger partial charge in [0.1, 0.15) is 12.4 Å². The van der Waals surface area contributed by atoms with E-state index in [0.717, 1.165) is 5.56 Å². The van der Waals surface area contributed by atoms with Crippen molar-refractivity contribution >= 4 is 11.6 Å². The molecule has 1 aliphatic rings. The highest BCUT2D eigenvalue weighted by Gasteiger charge is 2.36. The topological polar surface area (TPSA) is 60.5 Å². The molecule has 0 saturated heterocycles. The van der Waals surface area contributed by atoms with Crippen LogP contribution in [0.15, 0.2) is 48.8 Å². The number of amides is 1. The van der Waals surface area contributed by atoms with E-state index >= 15 is 0 Å². The number of hydrogen-bond donors (Lipinski definition) is 1. The largest absolute Gasteiger partial charge is 0.489 e. The number of halogens is 2. The molecule has 0 atom stereocenters. The third kappa shape index (κ3) is 4.96. The average molecular weight is 348 g/mol. The number of pyridine rings is 1. The van der Waals surface area contributed by atoms with Gasteiger partial charge in [0, 0.05) is 30.1 Å². The van der Waals surface area contributed by atoms with Gasteiger partial charge < -0.3 is 14.8 Å². The molecule has 1 amide bonds. The number of benzene rings is 1. The number of anilines is 1. The number of hydrogen-bond acceptors (Lipinski definition) is 4. The molecule has 1 aliphatic carbocycles. The second kappa shape index (κ2) is 8.02. The molecule has 0 radical (unpaired) electrons. The molecule has 3 rings (SSSR count). The van der Waals surface area contributed by atoms with Gasteiger partial charge in [0.05, 0.1) is 6.10 Å². The van der Waals surface area contributed by atoms with Gasteiger partial charge in [-0.2, -0.15) is 8.78 Å². The molecule has 1 aromatic carbocycles. The Balaban J connectivity index is 1.49. The van der Waals surface area contributed by atoms with Crippen LogP contribution in [-0.2, 0) is 16.1 Å². The molecule has 0 unspecified atom stereocenters. The normalized spacial score (nSPS) is 19.3. The third-order valence-corrected chi connectivity index (χ3v) is 4.02. The number of aromatic nitrogens is 1. The fourth-order valence-electron chi connectivity index (χ4n) is 2.59. The molecular formula is C18H18F2N2O3. The summed E-state index contributed by atoms with van der Waals surface area (Å²) in [5.74, 6) is 0.132. The van der Waals surface area contributed by atoms with Gasteiger partial charge in [-0.15, -0.1) is 0 Å². The van der Waals surface area contributed by atoms with Gasteiger partial charge in [0.15, 0.2) is 0 Å². The molecule has 5 nitrogen and oxygen atoms in total. The van der Waals surface area contributed by atoms with Crippen LogP contribution < -0.4 is 10.1 Å². The number of alkyl halides is 2. The van der Waals surface area contributed by atoms with E-state index in [9.17, 15) is 13.6 Å². The predicted molar refractivity (Wildman–Crippen MR) is 87.2 cm³/mol. The lowest BCUT2D eigenvalue weighted by Gasteiger charge is -2.33. The Morgan fingerprint density at radius 2 is 2.00 bits per heavy atom. The summed E-state index contributed by atoms with van der Waals surface area (Å²) in [6, 6.07) is 10.8. The average Bonchev–Trinajstić information content (AvgIpc) is 2.57. The lowest BCUT2D eigenvalue weighted by molar-refractivity contribution is -0.191. The smallest absolute Gasteiger partial charge is 0.345 e. The fraction of sp³-hybridized carbons (Fsp3) is 0.333. The van der Waals surface area contributed by atoms with Crippen LogP contribution >= 0.6 is 0 Å². The highest BCUT2D eigenvalue weighted by Crippen LogP contribution is 2.32. The van der Waals surface area contributed by atoms with Gasteiger partial charge in [0.25, 0.3) is 0 Å². The Kier molecular flexibility index (Phi) is 5.55. The van der Waals surface area contributed by atoms with Crippen LogP contribution in [0.2, 0.25) is 0 Å². The molecule has 1 aromatic heterocycles. The van der Waals surface area contributed by atoms with Gasteiger partial charge in [-0.3, -0.25) is 9.78 Å². The Morgan fingerprint density at radius 1 is 1.24 bits per heavy atom. The van der Waals surface area contributed by atoms with Crippen LogP contribution in [-0.4, -0.2) is 23.6 Å². The van der Waals surface area contributed by atoms with E-state index in [1.807, 2.05) is 12.1 Å². The van der Waals surface area contributed by atoms with E-state index in [1.54, 1.807) is 36.7 Å². The first-order valence-corrected chi connectivity index (χ1v) is 7.96. The van der Waals surface area contributed by atoms with Gasteiger partial charge in [-0.25, -0.2) is 0 Å². The van der Waals surface area contributed by atoms with Crippen molar-refractivity contribution in [1.82, 2.24) is 4.98 Å². The molecule has 1 heterocycles. The minimum Gasteiger partial charge on any atom is -0.489 e. The molecule has 1 N–H and O–H groups in total. The molecule has 1 fully saturated rings. The SMILES string of the molecule is O=C(Nc1cccc(OCc2ccncc2)c1)C1CC(OC(F)F)C1. The van der Waals surface area contributed by atoms with Crippen LogP contribution in [0.5, 0.6) is 5.75 Å². The maximum atomic E-state index is 12.1. The number of nitrogens with one attached hydrogen (secondary N) is 1.